The van der Waals surface area contributed by atoms with Gasteiger partial charge in [-0.05, 0) is 24.1 Å². The predicted molar refractivity (Wildman–Crippen MR) is 109 cm³/mol. The number of halogens is 1. The van der Waals surface area contributed by atoms with Crippen molar-refractivity contribution in [1.82, 2.24) is 15.1 Å². The van der Waals surface area contributed by atoms with E-state index in [0.717, 1.165) is 50.9 Å². The fraction of sp³-hybridized carbons (Fsp3) is 0.556. The summed E-state index contributed by atoms with van der Waals surface area (Å²) < 4.78 is 5.45. The second-order valence-electron chi connectivity index (χ2n) is 6.25. The lowest BCUT2D eigenvalue weighted by atomic mass is 10.1. The number of benzene rings is 1. The Hall–Kier alpha value is -1.37. The van der Waals surface area contributed by atoms with Crippen LogP contribution in [0.25, 0.3) is 0 Å². The molecule has 2 aliphatic rings. The molecule has 0 aromatic heterocycles. The van der Waals surface area contributed by atoms with E-state index in [4.69, 9.17) is 10.00 Å². The normalized spacial score (nSPS) is 21.5. The average Bonchev–Trinajstić information content (AvgIpc) is 3.13. The fourth-order valence-corrected chi connectivity index (χ4v) is 3.44. The number of hydrogen-bond acceptors (Lipinski definition) is 4. The van der Waals surface area contributed by atoms with Crippen molar-refractivity contribution in [3.05, 3.63) is 35.4 Å². The molecular weight excluding hydrogens is 429 g/mol. The number of nitrogens with one attached hydrogen (secondary N) is 1. The van der Waals surface area contributed by atoms with Crippen molar-refractivity contribution in [2.24, 2.45) is 4.99 Å². The first-order valence-electron chi connectivity index (χ1n) is 8.56. The molecule has 0 aliphatic carbocycles. The molecule has 25 heavy (non-hydrogen) atoms. The van der Waals surface area contributed by atoms with E-state index in [9.17, 15) is 0 Å². The average molecular weight is 455 g/mol. The highest BCUT2D eigenvalue weighted by Gasteiger charge is 2.30. The number of rotatable bonds is 3. The van der Waals surface area contributed by atoms with Gasteiger partial charge in [0, 0.05) is 45.8 Å². The second-order valence-corrected chi connectivity index (χ2v) is 6.25. The van der Waals surface area contributed by atoms with Gasteiger partial charge in [-0.2, -0.15) is 5.26 Å². The summed E-state index contributed by atoms with van der Waals surface area (Å²) >= 11 is 0. The maximum absolute atomic E-state index is 9.00. The van der Waals surface area contributed by atoms with Crippen LogP contribution in [0.1, 0.15) is 17.5 Å². The maximum Gasteiger partial charge on any atom is 0.193 e. The number of guanidine groups is 1. The van der Waals surface area contributed by atoms with Gasteiger partial charge in [0.25, 0.3) is 0 Å². The molecule has 2 heterocycles. The van der Waals surface area contributed by atoms with Crippen LogP contribution in [0.3, 0.4) is 0 Å². The Morgan fingerprint density at radius 1 is 1.36 bits per heavy atom. The van der Waals surface area contributed by atoms with Gasteiger partial charge in [0.2, 0.25) is 0 Å². The highest BCUT2D eigenvalue weighted by Crippen LogP contribution is 2.17. The topological polar surface area (TPSA) is 63.9 Å². The minimum atomic E-state index is 0. The second kappa shape index (κ2) is 9.94. The third-order valence-electron chi connectivity index (χ3n) is 4.74. The van der Waals surface area contributed by atoms with E-state index in [1.54, 1.807) is 0 Å². The summed E-state index contributed by atoms with van der Waals surface area (Å²) in [5, 5.41) is 12.4. The van der Waals surface area contributed by atoms with E-state index in [1.807, 2.05) is 31.3 Å². The molecule has 7 heteroatoms. The third-order valence-corrected chi connectivity index (χ3v) is 4.74. The summed E-state index contributed by atoms with van der Waals surface area (Å²) in [5.74, 6) is 0.938. The molecule has 0 radical (unpaired) electrons. The summed E-state index contributed by atoms with van der Waals surface area (Å²) in [4.78, 5) is 9.29. The van der Waals surface area contributed by atoms with Crippen molar-refractivity contribution < 1.29 is 4.74 Å². The summed E-state index contributed by atoms with van der Waals surface area (Å²) in [6.45, 7) is 6.48. The molecule has 3 rings (SSSR count). The largest absolute Gasteiger partial charge is 0.379 e. The molecule has 1 aromatic carbocycles. The molecule has 1 N–H and O–H groups in total. The van der Waals surface area contributed by atoms with E-state index in [1.165, 1.54) is 6.42 Å². The molecule has 2 saturated heterocycles. The zero-order valence-electron chi connectivity index (χ0n) is 14.6. The predicted octanol–water partition coefficient (Wildman–Crippen LogP) is 1.66. The number of morpholine rings is 1. The van der Waals surface area contributed by atoms with Gasteiger partial charge in [0.05, 0.1) is 24.8 Å². The van der Waals surface area contributed by atoms with E-state index < -0.39 is 0 Å². The van der Waals surface area contributed by atoms with Crippen LogP contribution in [-0.2, 0) is 11.3 Å². The van der Waals surface area contributed by atoms with Crippen molar-refractivity contribution in [2.45, 2.75) is 19.0 Å². The van der Waals surface area contributed by atoms with E-state index in [0.29, 0.717) is 18.2 Å². The molecular formula is C18H26IN5O. The number of aliphatic imine (C=N–C) groups is 1. The van der Waals surface area contributed by atoms with Gasteiger partial charge in [-0.1, -0.05) is 12.1 Å². The maximum atomic E-state index is 9.00. The summed E-state index contributed by atoms with van der Waals surface area (Å²) in [5.41, 5.74) is 1.79. The quantitative estimate of drug-likeness (QED) is 0.427. The zero-order chi connectivity index (χ0) is 16.8. The van der Waals surface area contributed by atoms with Gasteiger partial charge in [-0.15, -0.1) is 24.0 Å². The van der Waals surface area contributed by atoms with Gasteiger partial charge in [0.15, 0.2) is 5.96 Å². The van der Waals surface area contributed by atoms with Crippen LogP contribution < -0.4 is 5.32 Å². The number of hydrogen-bond donors (Lipinski definition) is 1. The number of nitriles is 1. The Bertz CT molecular complexity index is 624. The molecule has 1 aromatic rings. The Morgan fingerprint density at radius 3 is 2.88 bits per heavy atom. The molecule has 1 unspecified atom stereocenters. The standard InChI is InChI=1S/C18H25N5O.HI/c1-20-18(21-13-16-4-2-3-15(11-16)12-19)23-6-5-17(14-23)22-7-9-24-10-8-22;/h2-4,11,17H,5-10,13-14H2,1H3,(H,20,21);1H. The van der Waals surface area contributed by atoms with Gasteiger partial charge >= 0.3 is 0 Å². The van der Waals surface area contributed by atoms with E-state index >= 15 is 0 Å². The van der Waals surface area contributed by atoms with Crippen LogP contribution in [0.5, 0.6) is 0 Å². The summed E-state index contributed by atoms with van der Waals surface area (Å²) in [7, 11) is 1.83. The fourth-order valence-electron chi connectivity index (χ4n) is 3.44. The SMILES string of the molecule is CN=C(NCc1cccc(C#N)c1)N1CCC(N2CCOCC2)C1.I. The molecule has 0 amide bonds. The third kappa shape index (κ3) is 5.30. The van der Waals surface area contributed by atoms with Crippen LogP contribution in [0.2, 0.25) is 0 Å². The van der Waals surface area contributed by atoms with Crippen LogP contribution in [0.4, 0.5) is 0 Å². The van der Waals surface area contributed by atoms with Gasteiger partial charge in [-0.25, -0.2) is 0 Å². The first kappa shape index (κ1) is 19.9. The lowest BCUT2D eigenvalue weighted by molar-refractivity contribution is 0.0195. The highest BCUT2D eigenvalue weighted by atomic mass is 127. The number of likely N-dealkylation sites (tertiary alicyclic amines) is 1. The molecule has 6 nitrogen and oxygen atoms in total. The Labute approximate surface area is 166 Å². The van der Waals surface area contributed by atoms with Gasteiger partial charge in [-0.3, -0.25) is 9.89 Å². The summed E-state index contributed by atoms with van der Waals surface area (Å²) in [6, 6.07) is 10.5. The van der Waals surface area contributed by atoms with Crippen LogP contribution >= 0.6 is 24.0 Å². The molecule has 2 aliphatic heterocycles. The smallest absolute Gasteiger partial charge is 0.193 e. The van der Waals surface area contributed by atoms with E-state index in [2.05, 4.69) is 26.2 Å². The van der Waals surface area contributed by atoms with Crippen molar-refractivity contribution in [3.63, 3.8) is 0 Å². The first-order chi connectivity index (χ1) is 11.8. The van der Waals surface area contributed by atoms with Crippen molar-refractivity contribution >= 4 is 29.9 Å². The lowest BCUT2D eigenvalue weighted by Gasteiger charge is -2.32. The highest BCUT2D eigenvalue weighted by molar-refractivity contribution is 14.0. The molecule has 0 spiro atoms. The number of nitrogens with zero attached hydrogens (tertiary/aromatic N) is 4. The van der Waals surface area contributed by atoms with Crippen LogP contribution in [-0.4, -0.2) is 68.2 Å². The zero-order valence-corrected chi connectivity index (χ0v) is 17.0. The lowest BCUT2D eigenvalue weighted by Crippen LogP contribution is -2.46. The minimum absolute atomic E-state index is 0. The molecule has 0 bridgehead atoms. The molecule has 1 atom stereocenters. The molecule has 0 saturated carbocycles. The van der Waals surface area contributed by atoms with Crippen molar-refractivity contribution in [3.8, 4) is 6.07 Å². The summed E-state index contributed by atoms with van der Waals surface area (Å²) in [6.07, 6.45) is 1.17. The molecule has 2 fully saturated rings. The Balaban J connectivity index is 0.00000225. The molecule has 136 valence electrons. The van der Waals surface area contributed by atoms with Gasteiger partial charge < -0.3 is 15.0 Å². The first-order valence-corrected chi connectivity index (χ1v) is 8.56. The minimum Gasteiger partial charge on any atom is -0.379 e. The van der Waals surface area contributed by atoms with Gasteiger partial charge in [0.1, 0.15) is 0 Å². The van der Waals surface area contributed by atoms with Crippen LogP contribution in [0.15, 0.2) is 29.3 Å². The Kier molecular flexibility index (Phi) is 7.93. The van der Waals surface area contributed by atoms with Crippen LogP contribution in [0, 0.1) is 11.3 Å². The monoisotopic (exact) mass is 455 g/mol. The Morgan fingerprint density at radius 2 is 2.16 bits per heavy atom. The van der Waals surface area contributed by atoms with E-state index in [-0.39, 0.29) is 24.0 Å². The van der Waals surface area contributed by atoms with Crippen molar-refractivity contribution in [1.29, 1.82) is 5.26 Å². The van der Waals surface area contributed by atoms with Crippen molar-refractivity contribution in [2.75, 3.05) is 46.4 Å². The number of ether oxygens (including phenoxy) is 1.